The van der Waals surface area contributed by atoms with Crippen LogP contribution in [0.4, 0.5) is 5.69 Å². The van der Waals surface area contributed by atoms with Crippen LogP contribution in [0, 0.1) is 10.5 Å². The van der Waals surface area contributed by atoms with Crippen molar-refractivity contribution in [2.45, 2.75) is 6.92 Å². The summed E-state index contributed by atoms with van der Waals surface area (Å²) in [6.45, 7) is 1.81. The number of benzene rings is 1. The van der Waals surface area contributed by atoms with Crippen molar-refractivity contribution >= 4 is 45.9 Å². The first-order chi connectivity index (χ1) is 7.91. The molecule has 1 aromatic carbocycles. The van der Waals surface area contributed by atoms with Crippen LogP contribution in [0.2, 0.25) is 0 Å². The van der Waals surface area contributed by atoms with E-state index in [-0.39, 0.29) is 0 Å². The second-order valence-electron chi connectivity index (χ2n) is 3.14. The van der Waals surface area contributed by atoms with Crippen LogP contribution in [-0.4, -0.2) is 27.9 Å². The first-order valence-corrected chi connectivity index (χ1v) is 5.56. The fraction of sp³-hybridized carbons (Fsp3) is 0.100. The number of hydrazone groups is 1. The SMILES string of the molecule is Cc1cc(I)ccc1NN=C(C(=O)O)C(=O)O. The Morgan fingerprint density at radius 2 is 1.88 bits per heavy atom. The highest BCUT2D eigenvalue weighted by molar-refractivity contribution is 14.1. The topological polar surface area (TPSA) is 99.0 Å². The summed E-state index contributed by atoms with van der Waals surface area (Å²) in [5.41, 5.74) is 2.87. The molecule has 0 spiro atoms. The molecule has 0 aliphatic carbocycles. The molecular weight excluding hydrogens is 339 g/mol. The van der Waals surface area contributed by atoms with Gasteiger partial charge in [0, 0.05) is 3.57 Å². The predicted molar refractivity (Wildman–Crippen MR) is 70.2 cm³/mol. The van der Waals surface area contributed by atoms with Crippen molar-refractivity contribution in [1.29, 1.82) is 0 Å². The van der Waals surface area contributed by atoms with Crippen LogP contribution in [0.5, 0.6) is 0 Å². The van der Waals surface area contributed by atoms with Gasteiger partial charge in [0.25, 0.3) is 5.71 Å². The van der Waals surface area contributed by atoms with Crippen molar-refractivity contribution in [1.82, 2.24) is 0 Å². The summed E-state index contributed by atoms with van der Waals surface area (Å²) in [5, 5.41) is 20.5. The van der Waals surface area contributed by atoms with E-state index in [1.54, 1.807) is 19.1 Å². The van der Waals surface area contributed by atoms with Gasteiger partial charge in [0.15, 0.2) is 0 Å². The van der Waals surface area contributed by atoms with Gasteiger partial charge in [0.05, 0.1) is 5.69 Å². The molecule has 0 aliphatic heterocycles. The maximum absolute atomic E-state index is 10.5. The molecule has 0 unspecified atom stereocenters. The van der Waals surface area contributed by atoms with Crippen LogP contribution in [-0.2, 0) is 9.59 Å². The molecule has 0 amide bonds. The van der Waals surface area contributed by atoms with Gasteiger partial charge < -0.3 is 10.2 Å². The lowest BCUT2D eigenvalue weighted by Crippen LogP contribution is -2.24. The predicted octanol–water partition coefficient (Wildman–Crippen LogP) is 1.54. The minimum Gasteiger partial charge on any atom is -0.476 e. The summed E-state index contributed by atoms with van der Waals surface area (Å²) in [6.07, 6.45) is 0. The lowest BCUT2D eigenvalue weighted by atomic mass is 10.2. The summed E-state index contributed by atoms with van der Waals surface area (Å²) in [4.78, 5) is 21.1. The molecule has 3 N–H and O–H groups in total. The highest BCUT2D eigenvalue weighted by Crippen LogP contribution is 2.17. The Kier molecular flexibility index (Phi) is 4.44. The molecule has 90 valence electrons. The number of nitrogens with one attached hydrogen (secondary N) is 1. The van der Waals surface area contributed by atoms with Crippen LogP contribution >= 0.6 is 22.6 Å². The normalized spacial score (nSPS) is 9.53. The standard InChI is InChI=1S/C10H9IN2O4/c1-5-4-6(11)2-3-7(5)12-13-8(9(14)15)10(16)17/h2-4,12H,1H3,(H,14,15)(H,16,17). The van der Waals surface area contributed by atoms with E-state index < -0.39 is 17.7 Å². The number of rotatable bonds is 4. The molecule has 0 saturated heterocycles. The van der Waals surface area contributed by atoms with E-state index in [1.165, 1.54) is 0 Å². The van der Waals surface area contributed by atoms with Gasteiger partial charge in [0.2, 0.25) is 0 Å². The highest BCUT2D eigenvalue weighted by Gasteiger charge is 2.18. The van der Waals surface area contributed by atoms with Gasteiger partial charge in [-0.25, -0.2) is 9.59 Å². The molecule has 0 aliphatic rings. The Hall–Kier alpha value is -1.64. The lowest BCUT2D eigenvalue weighted by Gasteiger charge is -2.05. The Labute approximate surface area is 110 Å². The number of carbonyl (C=O) groups is 2. The lowest BCUT2D eigenvalue weighted by molar-refractivity contribution is -0.134. The van der Waals surface area contributed by atoms with Gasteiger partial charge in [-0.15, -0.1) is 0 Å². The first kappa shape index (κ1) is 13.4. The molecule has 0 atom stereocenters. The van der Waals surface area contributed by atoms with E-state index >= 15 is 0 Å². The Balaban J connectivity index is 2.95. The van der Waals surface area contributed by atoms with E-state index in [0.29, 0.717) is 5.69 Å². The van der Waals surface area contributed by atoms with Gasteiger partial charge >= 0.3 is 11.9 Å². The average molecular weight is 348 g/mol. The highest BCUT2D eigenvalue weighted by atomic mass is 127. The Morgan fingerprint density at radius 3 is 2.35 bits per heavy atom. The summed E-state index contributed by atoms with van der Waals surface area (Å²) in [6, 6.07) is 5.36. The van der Waals surface area contributed by atoms with E-state index in [4.69, 9.17) is 10.2 Å². The number of nitrogens with zero attached hydrogens (tertiary/aromatic N) is 1. The molecule has 17 heavy (non-hydrogen) atoms. The van der Waals surface area contributed by atoms with Crippen LogP contribution in [0.1, 0.15) is 5.56 Å². The van der Waals surface area contributed by atoms with E-state index in [9.17, 15) is 9.59 Å². The van der Waals surface area contributed by atoms with Crippen molar-refractivity contribution in [2.24, 2.45) is 5.10 Å². The molecule has 0 radical (unpaired) electrons. The summed E-state index contributed by atoms with van der Waals surface area (Å²) < 4.78 is 1.02. The van der Waals surface area contributed by atoms with Gasteiger partial charge in [-0.1, -0.05) is 0 Å². The zero-order chi connectivity index (χ0) is 13.0. The Bertz CT molecular complexity index is 483. The minimum absolute atomic E-state index is 0.561. The van der Waals surface area contributed by atoms with E-state index in [0.717, 1.165) is 9.13 Å². The molecule has 0 bridgehead atoms. The van der Waals surface area contributed by atoms with E-state index in [2.05, 4.69) is 33.1 Å². The molecule has 1 aromatic rings. The third kappa shape index (κ3) is 3.70. The number of anilines is 1. The van der Waals surface area contributed by atoms with E-state index in [1.807, 2.05) is 6.07 Å². The molecule has 0 aromatic heterocycles. The van der Waals surface area contributed by atoms with Crippen molar-refractivity contribution in [3.05, 3.63) is 27.3 Å². The largest absolute Gasteiger partial charge is 0.476 e. The number of hydrogen-bond acceptors (Lipinski definition) is 4. The summed E-state index contributed by atoms with van der Waals surface area (Å²) >= 11 is 2.13. The number of aliphatic carboxylic acids is 2. The molecule has 0 fully saturated rings. The zero-order valence-corrected chi connectivity index (χ0v) is 10.9. The minimum atomic E-state index is -1.59. The van der Waals surface area contributed by atoms with Crippen LogP contribution in [0.3, 0.4) is 0 Å². The van der Waals surface area contributed by atoms with Crippen molar-refractivity contribution < 1.29 is 19.8 Å². The summed E-state index contributed by atoms with van der Waals surface area (Å²) in [5.74, 6) is -3.18. The number of aryl methyl sites for hydroxylation is 1. The van der Waals surface area contributed by atoms with Crippen LogP contribution in [0.25, 0.3) is 0 Å². The smallest absolute Gasteiger partial charge is 0.364 e. The first-order valence-electron chi connectivity index (χ1n) is 4.48. The van der Waals surface area contributed by atoms with Gasteiger partial charge in [-0.3, -0.25) is 5.43 Å². The second-order valence-corrected chi connectivity index (χ2v) is 4.39. The monoisotopic (exact) mass is 348 g/mol. The molecule has 0 saturated carbocycles. The summed E-state index contributed by atoms with van der Waals surface area (Å²) in [7, 11) is 0. The zero-order valence-electron chi connectivity index (χ0n) is 8.77. The average Bonchev–Trinajstić information content (AvgIpc) is 2.20. The third-order valence-corrected chi connectivity index (χ3v) is 2.55. The maximum Gasteiger partial charge on any atom is 0.364 e. The van der Waals surface area contributed by atoms with Gasteiger partial charge in [0.1, 0.15) is 0 Å². The molecule has 6 nitrogen and oxygen atoms in total. The fourth-order valence-electron chi connectivity index (χ4n) is 1.06. The number of carboxylic acid groups (broad SMARTS) is 2. The van der Waals surface area contributed by atoms with Gasteiger partial charge in [-0.05, 0) is 53.3 Å². The number of hydrogen-bond donors (Lipinski definition) is 3. The molecular formula is C10H9IN2O4. The van der Waals surface area contributed by atoms with Crippen molar-refractivity contribution in [3.8, 4) is 0 Å². The molecule has 1 rings (SSSR count). The van der Waals surface area contributed by atoms with Crippen LogP contribution in [0.15, 0.2) is 23.3 Å². The number of halogens is 1. The quantitative estimate of drug-likeness (QED) is 0.332. The molecule has 7 heteroatoms. The maximum atomic E-state index is 10.5. The Morgan fingerprint density at radius 1 is 1.29 bits per heavy atom. The third-order valence-electron chi connectivity index (χ3n) is 1.88. The van der Waals surface area contributed by atoms with Crippen molar-refractivity contribution in [2.75, 3.05) is 5.43 Å². The molecule has 0 heterocycles. The number of carboxylic acids is 2. The van der Waals surface area contributed by atoms with Crippen LogP contribution < -0.4 is 5.43 Å². The van der Waals surface area contributed by atoms with Crippen molar-refractivity contribution in [3.63, 3.8) is 0 Å². The second kappa shape index (κ2) is 5.62. The fourth-order valence-corrected chi connectivity index (χ4v) is 1.70. The van der Waals surface area contributed by atoms with Gasteiger partial charge in [-0.2, -0.15) is 5.10 Å².